The minimum atomic E-state index is -0.316. The highest BCUT2D eigenvalue weighted by atomic mass is 16.5. The van der Waals surface area contributed by atoms with Crippen LogP contribution in [0.4, 0.5) is 0 Å². The zero-order valence-electron chi connectivity index (χ0n) is 15.2. The number of carbonyl (C=O) groups is 2. The molecule has 1 amide bonds. The number of Topliss-reactive ketones (excluding diaryl/α,β-unsaturated/α-hetero) is 1. The Morgan fingerprint density at radius 3 is 3.00 bits per heavy atom. The van der Waals surface area contributed by atoms with Crippen LogP contribution < -0.4 is 10.1 Å². The summed E-state index contributed by atoms with van der Waals surface area (Å²) in [6, 6.07) is 8.39. The van der Waals surface area contributed by atoms with Gasteiger partial charge in [-0.25, -0.2) is 0 Å². The van der Waals surface area contributed by atoms with Crippen LogP contribution in [0.3, 0.4) is 0 Å². The van der Waals surface area contributed by atoms with E-state index in [0.717, 1.165) is 13.0 Å². The van der Waals surface area contributed by atoms with E-state index in [4.69, 9.17) is 9.26 Å². The van der Waals surface area contributed by atoms with Crippen LogP contribution in [-0.4, -0.2) is 59.1 Å². The summed E-state index contributed by atoms with van der Waals surface area (Å²) in [6.45, 7) is 4.24. The Kier molecular flexibility index (Phi) is 6.20. The molecular formula is C19H23N3O5. The van der Waals surface area contributed by atoms with Gasteiger partial charge in [-0.15, -0.1) is 0 Å². The number of ether oxygens (including phenoxy) is 1. The van der Waals surface area contributed by atoms with E-state index in [0.29, 0.717) is 36.7 Å². The number of aliphatic hydroxyl groups is 1. The van der Waals surface area contributed by atoms with Gasteiger partial charge in [0.05, 0.1) is 6.10 Å². The van der Waals surface area contributed by atoms with Crippen molar-refractivity contribution in [3.05, 3.63) is 47.3 Å². The molecule has 1 aliphatic heterocycles. The number of benzene rings is 1. The summed E-state index contributed by atoms with van der Waals surface area (Å²) in [7, 11) is 0. The average Bonchev–Trinajstić information content (AvgIpc) is 3.29. The Hall–Kier alpha value is -2.71. The van der Waals surface area contributed by atoms with Crippen LogP contribution in [0.5, 0.6) is 5.75 Å². The number of aliphatic hydroxyl groups excluding tert-OH is 1. The van der Waals surface area contributed by atoms with Gasteiger partial charge >= 0.3 is 0 Å². The summed E-state index contributed by atoms with van der Waals surface area (Å²) < 4.78 is 10.7. The summed E-state index contributed by atoms with van der Waals surface area (Å²) >= 11 is 0. The molecule has 0 saturated carbocycles. The maximum atomic E-state index is 12.1. The number of β-amino-alcohol motifs (C(OH)–C–C–N with tert-alkyl or cyclic N) is 1. The molecule has 1 aliphatic rings. The lowest BCUT2D eigenvalue weighted by Crippen LogP contribution is -2.34. The van der Waals surface area contributed by atoms with Crippen LogP contribution in [0.1, 0.15) is 40.0 Å². The predicted molar refractivity (Wildman–Crippen MR) is 96.7 cm³/mol. The second kappa shape index (κ2) is 8.79. The smallest absolute Gasteiger partial charge is 0.273 e. The number of ketones is 1. The first kappa shape index (κ1) is 19.1. The number of amides is 1. The number of aromatic nitrogens is 1. The Bertz CT molecular complexity index is 804. The monoisotopic (exact) mass is 373 g/mol. The molecule has 1 atom stereocenters. The van der Waals surface area contributed by atoms with Gasteiger partial charge in [-0.3, -0.25) is 14.5 Å². The fraction of sp³-hybridized carbons (Fsp3) is 0.421. The molecule has 0 aliphatic carbocycles. The average molecular weight is 373 g/mol. The van der Waals surface area contributed by atoms with Crippen LogP contribution in [0, 0.1) is 0 Å². The van der Waals surface area contributed by atoms with Crippen LogP contribution >= 0.6 is 0 Å². The highest BCUT2D eigenvalue weighted by Crippen LogP contribution is 2.16. The first-order chi connectivity index (χ1) is 13.0. The van der Waals surface area contributed by atoms with Crippen molar-refractivity contribution in [1.29, 1.82) is 0 Å². The molecule has 2 N–H and O–H groups in total. The van der Waals surface area contributed by atoms with Crippen molar-refractivity contribution >= 4 is 11.7 Å². The quantitative estimate of drug-likeness (QED) is 0.671. The van der Waals surface area contributed by atoms with E-state index < -0.39 is 0 Å². The predicted octanol–water partition coefficient (Wildman–Crippen LogP) is 1.25. The normalized spacial score (nSPS) is 17.0. The van der Waals surface area contributed by atoms with Crippen LogP contribution in [0.2, 0.25) is 0 Å². The Morgan fingerprint density at radius 2 is 2.26 bits per heavy atom. The van der Waals surface area contributed by atoms with Crippen molar-refractivity contribution in [2.75, 3.05) is 26.2 Å². The third-order valence-electron chi connectivity index (χ3n) is 4.37. The molecule has 1 fully saturated rings. The topological polar surface area (TPSA) is 105 Å². The maximum absolute atomic E-state index is 12.1. The zero-order valence-corrected chi connectivity index (χ0v) is 15.2. The van der Waals surface area contributed by atoms with Crippen molar-refractivity contribution in [1.82, 2.24) is 15.4 Å². The minimum absolute atomic E-state index is 0.0393. The standard InChI is InChI=1S/C19H23N3O5/c1-13(23)14-3-2-4-16(9-14)26-12-17-10-18(21-27-17)19(25)20-6-8-22-7-5-15(24)11-22/h2-4,9-10,15,24H,5-8,11-12H2,1H3,(H,20,25)/t15-/m0/s1. The molecule has 3 rings (SSSR count). The highest BCUT2D eigenvalue weighted by molar-refractivity contribution is 5.94. The Labute approximate surface area is 157 Å². The van der Waals surface area contributed by atoms with Crippen LogP contribution in [-0.2, 0) is 6.61 Å². The van der Waals surface area contributed by atoms with Gasteiger partial charge in [0.25, 0.3) is 5.91 Å². The van der Waals surface area contributed by atoms with E-state index in [1.165, 1.54) is 13.0 Å². The van der Waals surface area contributed by atoms with Gasteiger partial charge in [0.15, 0.2) is 17.2 Å². The van der Waals surface area contributed by atoms with Crippen LogP contribution in [0.15, 0.2) is 34.9 Å². The van der Waals surface area contributed by atoms with Gasteiger partial charge in [-0.1, -0.05) is 17.3 Å². The summed E-state index contributed by atoms with van der Waals surface area (Å²) in [4.78, 5) is 25.6. The molecule has 8 nitrogen and oxygen atoms in total. The summed E-state index contributed by atoms with van der Waals surface area (Å²) in [5.41, 5.74) is 0.753. The second-order valence-electron chi connectivity index (χ2n) is 6.55. The van der Waals surface area contributed by atoms with Crippen molar-refractivity contribution in [3.8, 4) is 5.75 Å². The van der Waals surface area contributed by atoms with Crippen molar-refractivity contribution in [3.63, 3.8) is 0 Å². The van der Waals surface area contributed by atoms with Gasteiger partial charge < -0.3 is 19.7 Å². The Balaban J connectivity index is 1.45. The number of rotatable bonds is 8. The number of hydrogen-bond acceptors (Lipinski definition) is 7. The van der Waals surface area contributed by atoms with Crippen LogP contribution in [0.25, 0.3) is 0 Å². The van der Waals surface area contributed by atoms with Crippen molar-refractivity contribution in [2.45, 2.75) is 26.1 Å². The fourth-order valence-electron chi connectivity index (χ4n) is 2.88. The fourth-order valence-corrected chi connectivity index (χ4v) is 2.88. The first-order valence-electron chi connectivity index (χ1n) is 8.89. The first-order valence-corrected chi connectivity index (χ1v) is 8.89. The van der Waals surface area contributed by atoms with Gasteiger partial charge in [0.2, 0.25) is 0 Å². The molecule has 2 aromatic rings. The SMILES string of the molecule is CC(=O)c1cccc(OCc2cc(C(=O)NCCN3CC[C@H](O)C3)no2)c1. The molecule has 0 spiro atoms. The van der Waals surface area contributed by atoms with Gasteiger partial charge in [-0.05, 0) is 25.5 Å². The van der Waals surface area contributed by atoms with Gasteiger partial charge in [0.1, 0.15) is 12.4 Å². The van der Waals surface area contributed by atoms with E-state index in [1.54, 1.807) is 24.3 Å². The minimum Gasteiger partial charge on any atom is -0.486 e. The molecule has 1 saturated heterocycles. The molecule has 27 heavy (non-hydrogen) atoms. The summed E-state index contributed by atoms with van der Waals surface area (Å²) in [5.74, 6) is 0.597. The molecule has 0 unspecified atom stereocenters. The third kappa shape index (κ3) is 5.38. The highest BCUT2D eigenvalue weighted by Gasteiger charge is 2.20. The summed E-state index contributed by atoms with van der Waals surface area (Å²) in [6.07, 6.45) is 0.505. The van der Waals surface area contributed by atoms with E-state index in [1.807, 2.05) is 0 Å². The number of carbonyl (C=O) groups excluding carboxylic acids is 2. The summed E-state index contributed by atoms with van der Waals surface area (Å²) in [5, 5.41) is 16.0. The molecule has 1 aromatic heterocycles. The van der Waals surface area contributed by atoms with E-state index in [2.05, 4.69) is 15.4 Å². The Morgan fingerprint density at radius 1 is 1.41 bits per heavy atom. The molecular weight excluding hydrogens is 350 g/mol. The lowest BCUT2D eigenvalue weighted by Gasteiger charge is -2.14. The van der Waals surface area contributed by atoms with Gasteiger partial charge in [0, 0.05) is 37.8 Å². The second-order valence-corrected chi connectivity index (χ2v) is 6.55. The number of hydrogen-bond donors (Lipinski definition) is 2. The molecule has 2 heterocycles. The van der Waals surface area contributed by atoms with E-state index in [-0.39, 0.29) is 30.1 Å². The number of nitrogens with zero attached hydrogens (tertiary/aromatic N) is 2. The third-order valence-corrected chi connectivity index (χ3v) is 4.37. The van der Waals surface area contributed by atoms with Crippen molar-refractivity contribution < 1.29 is 24.0 Å². The molecule has 8 heteroatoms. The maximum Gasteiger partial charge on any atom is 0.273 e. The zero-order chi connectivity index (χ0) is 19.2. The van der Waals surface area contributed by atoms with Gasteiger partial charge in [-0.2, -0.15) is 0 Å². The van der Waals surface area contributed by atoms with E-state index >= 15 is 0 Å². The molecule has 0 bridgehead atoms. The lowest BCUT2D eigenvalue weighted by molar-refractivity contribution is 0.0938. The largest absolute Gasteiger partial charge is 0.486 e. The molecule has 144 valence electrons. The number of likely N-dealkylation sites (tertiary alicyclic amines) is 1. The molecule has 1 aromatic carbocycles. The van der Waals surface area contributed by atoms with E-state index in [9.17, 15) is 14.7 Å². The lowest BCUT2D eigenvalue weighted by atomic mass is 10.1. The van der Waals surface area contributed by atoms with Crippen molar-refractivity contribution in [2.24, 2.45) is 0 Å². The molecule has 0 radical (unpaired) electrons. The number of nitrogens with one attached hydrogen (secondary N) is 1.